The second-order valence-electron chi connectivity index (χ2n) is 8.23. The van der Waals surface area contributed by atoms with Crippen LogP contribution in [-0.2, 0) is 4.43 Å². The zero-order valence-electron chi connectivity index (χ0n) is 18.1. The Kier molecular flexibility index (Phi) is 8.02. The highest BCUT2D eigenvalue weighted by Gasteiger charge is 2.44. The molecule has 0 amide bonds. The molecule has 0 bridgehead atoms. The van der Waals surface area contributed by atoms with E-state index < -0.39 is 8.32 Å². The number of hydrogen-bond acceptors (Lipinski definition) is 3. The summed E-state index contributed by atoms with van der Waals surface area (Å²) in [4.78, 5) is 12.5. The summed E-state index contributed by atoms with van der Waals surface area (Å²) in [6, 6.07) is 16.7. The maximum absolute atomic E-state index is 12.5. The van der Waals surface area contributed by atoms with Crippen molar-refractivity contribution in [2.24, 2.45) is 0 Å². The molecule has 28 heavy (non-hydrogen) atoms. The Bertz CT molecular complexity index is 714. The van der Waals surface area contributed by atoms with Gasteiger partial charge in [-0.05, 0) is 40.9 Å². The molecular formula is C24H34O3Si. The van der Waals surface area contributed by atoms with Crippen LogP contribution >= 0.6 is 0 Å². The Morgan fingerprint density at radius 2 is 1.25 bits per heavy atom. The van der Waals surface area contributed by atoms with E-state index in [2.05, 4.69) is 41.5 Å². The van der Waals surface area contributed by atoms with E-state index in [-0.39, 0.29) is 5.78 Å². The molecule has 0 unspecified atom stereocenters. The molecule has 0 N–H and O–H groups in total. The standard InChI is InChI=1S/C24H34O3Si/c1-18(2)28(19(3)4,20(5)6)27-17-16-26-23-14-12-22(13-15-23)24(25)21-10-8-7-9-11-21/h7-15,18-20H,16-17H2,1-6H3. The van der Waals surface area contributed by atoms with E-state index in [1.807, 2.05) is 54.6 Å². The van der Waals surface area contributed by atoms with Crippen LogP contribution in [0.2, 0.25) is 16.6 Å². The molecule has 4 heteroatoms. The predicted molar refractivity (Wildman–Crippen MR) is 119 cm³/mol. The third-order valence-electron chi connectivity index (χ3n) is 5.56. The van der Waals surface area contributed by atoms with Crippen LogP contribution < -0.4 is 4.74 Å². The van der Waals surface area contributed by atoms with Crippen molar-refractivity contribution in [2.75, 3.05) is 13.2 Å². The van der Waals surface area contributed by atoms with Crippen molar-refractivity contribution in [2.45, 2.75) is 58.2 Å². The molecule has 0 aliphatic carbocycles. The quantitative estimate of drug-likeness (QED) is 0.261. The molecule has 0 saturated heterocycles. The van der Waals surface area contributed by atoms with Crippen LogP contribution in [-0.4, -0.2) is 27.3 Å². The molecule has 0 fully saturated rings. The lowest BCUT2D eigenvalue weighted by Crippen LogP contribution is -2.48. The van der Waals surface area contributed by atoms with Crippen molar-refractivity contribution in [3.8, 4) is 5.75 Å². The van der Waals surface area contributed by atoms with Crippen LogP contribution in [0.4, 0.5) is 0 Å². The van der Waals surface area contributed by atoms with Crippen LogP contribution in [0.1, 0.15) is 57.5 Å². The van der Waals surface area contributed by atoms with Crippen molar-refractivity contribution in [3.05, 3.63) is 65.7 Å². The molecule has 0 saturated carbocycles. The fraction of sp³-hybridized carbons (Fsp3) is 0.458. The van der Waals surface area contributed by atoms with E-state index in [0.717, 1.165) is 5.75 Å². The average Bonchev–Trinajstić information content (AvgIpc) is 2.67. The lowest BCUT2D eigenvalue weighted by atomic mass is 10.0. The van der Waals surface area contributed by atoms with Gasteiger partial charge in [-0.1, -0.05) is 71.9 Å². The number of rotatable bonds is 10. The minimum Gasteiger partial charge on any atom is -0.491 e. The van der Waals surface area contributed by atoms with Crippen molar-refractivity contribution in [3.63, 3.8) is 0 Å². The highest BCUT2D eigenvalue weighted by molar-refractivity contribution is 6.77. The van der Waals surface area contributed by atoms with Crippen molar-refractivity contribution >= 4 is 14.1 Å². The van der Waals surface area contributed by atoms with Gasteiger partial charge in [-0.2, -0.15) is 0 Å². The van der Waals surface area contributed by atoms with E-state index in [1.165, 1.54) is 0 Å². The van der Waals surface area contributed by atoms with Crippen molar-refractivity contribution in [1.82, 2.24) is 0 Å². The summed E-state index contributed by atoms with van der Waals surface area (Å²) in [5.74, 6) is 0.788. The molecule has 0 aliphatic heterocycles. The fourth-order valence-electron chi connectivity index (χ4n) is 4.34. The van der Waals surface area contributed by atoms with Crippen LogP contribution in [0, 0.1) is 0 Å². The zero-order chi connectivity index (χ0) is 20.7. The number of carbonyl (C=O) groups is 1. The Balaban J connectivity index is 1.92. The first-order valence-electron chi connectivity index (χ1n) is 10.3. The summed E-state index contributed by atoms with van der Waals surface area (Å²) in [6.45, 7) is 14.8. The molecular weight excluding hydrogens is 364 g/mol. The SMILES string of the molecule is CC(C)[Si](OCCOc1ccc(C(=O)c2ccccc2)cc1)(C(C)C)C(C)C. The Morgan fingerprint density at radius 3 is 1.75 bits per heavy atom. The zero-order valence-corrected chi connectivity index (χ0v) is 19.1. The Hall–Kier alpha value is -1.91. The first-order chi connectivity index (χ1) is 13.3. The lowest BCUT2D eigenvalue weighted by Gasteiger charge is -2.42. The Morgan fingerprint density at radius 1 is 0.750 bits per heavy atom. The van der Waals surface area contributed by atoms with Crippen molar-refractivity contribution < 1.29 is 14.0 Å². The number of ketones is 1. The molecule has 0 atom stereocenters. The average molecular weight is 399 g/mol. The van der Waals surface area contributed by atoms with E-state index in [9.17, 15) is 4.79 Å². The molecule has 0 spiro atoms. The molecule has 0 aliphatic rings. The molecule has 0 aromatic heterocycles. The van der Waals surface area contributed by atoms with Crippen LogP contribution in [0.5, 0.6) is 5.75 Å². The largest absolute Gasteiger partial charge is 0.491 e. The Labute approximate surface area is 171 Å². The number of carbonyl (C=O) groups excluding carboxylic acids is 1. The van der Waals surface area contributed by atoms with Gasteiger partial charge in [0.15, 0.2) is 14.1 Å². The van der Waals surface area contributed by atoms with E-state index >= 15 is 0 Å². The minimum atomic E-state index is -1.85. The third kappa shape index (κ3) is 5.12. The summed E-state index contributed by atoms with van der Waals surface area (Å²) in [5, 5.41) is 0. The van der Waals surface area contributed by atoms with Gasteiger partial charge in [-0.3, -0.25) is 4.79 Å². The van der Waals surface area contributed by atoms with Gasteiger partial charge in [-0.25, -0.2) is 0 Å². The van der Waals surface area contributed by atoms with Gasteiger partial charge < -0.3 is 9.16 Å². The molecule has 0 heterocycles. The summed E-state index contributed by atoms with van der Waals surface area (Å²) in [5.41, 5.74) is 3.06. The molecule has 2 aromatic carbocycles. The first kappa shape index (κ1) is 22.4. The topological polar surface area (TPSA) is 35.5 Å². The summed E-state index contributed by atoms with van der Waals surface area (Å²) in [7, 11) is -1.85. The van der Waals surface area contributed by atoms with Crippen LogP contribution in [0.15, 0.2) is 54.6 Å². The minimum absolute atomic E-state index is 0.0251. The summed E-state index contributed by atoms with van der Waals surface area (Å²) < 4.78 is 12.4. The molecule has 152 valence electrons. The molecule has 2 aromatic rings. The summed E-state index contributed by atoms with van der Waals surface area (Å²) >= 11 is 0. The number of hydrogen-bond donors (Lipinski definition) is 0. The van der Waals surface area contributed by atoms with Crippen LogP contribution in [0.25, 0.3) is 0 Å². The molecule has 0 radical (unpaired) electrons. The van der Waals surface area contributed by atoms with E-state index in [4.69, 9.17) is 9.16 Å². The van der Waals surface area contributed by atoms with Gasteiger partial charge >= 0.3 is 0 Å². The third-order valence-corrected chi connectivity index (χ3v) is 11.7. The highest BCUT2D eigenvalue weighted by Crippen LogP contribution is 2.42. The van der Waals surface area contributed by atoms with E-state index in [1.54, 1.807) is 0 Å². The van der Waals surface area contributed by atoms with Gasteiger partial charge in [-0.15, -0.1) is 0 Å². The smallest absolute Gasteiger partial charge is 0.200 e. The molecule has 3 nitrogen and oxygen atoms in total. The van der Waals surface area contributed by atoms with Crippen molar-refractivity contribution in [1.29, 1.82) is 0 Å². The van der Waals surface area contributed by atoms with Gasteiger partial charge in [0.05, 0.1) is 6.61 Å². The summed E-state index contributed by atoms with van der Waals surface area (Å²) in [6.07, 6.45) is 0. The van der Waals surface area contributed by atoms with Gasteiger partial charge in [0.2, 0.25) is 0 Å². The second-order valence-corrected chi connectivity index (χ2v) is 13.7. The monoisotopic (exact) mass is 398 g/mol. The van der Waals surface area contributed by atoms with Crippen LogP contribution in [0.3, 0.4) is 0 Å². The van der Waals surface area contributed by atoms with E-state index in [0.29, 0.717) is 41.0 Å². The molecule has 2 rings (SSSR count). The maximum Gasteiger partial charge on any atom is 0.200 e. The second kappa shape index (κ2) is 10.0. The van der Waals surface area contributed by atoms with Gasteiger partial charge in [0.25, 0.3) is 0 Å². The maximum atomic E-state index is 12.5. The first-order valence-corrected chi connectivity index (χ1v) is 12.4. The lowest BCUT2D eigenvalue weighted by molar-refractivity contribution is 0.103. The highest BCUT2D eigenvalue weighted by atomic mass is 28.4. The predicted octanol–water partition coefficient (Wildman–Crippen LogP) is 6.49. The normalized spacial score (nSPS) is 12.0. The number of ether oxygens (including phenoxy) is 1. The fourth-order valence-corrected chi connectivity index (χ4v) is 9.77. The number of benzene rings is 2. The van der Waals surface area contributed by atoms with Gasteiger partial charge in [0.1, 0.15) is 12.4 Å². The van der Waals surface area contributed by atoms with Gasteiger partial charge in [0, 0.05) is 11.1 Å².